The maximum absolute atomic E-state index is 12.4. The Bertz CT molecular complexity index is 1160. The van der Waals surface area contributed by atoms with Crippen molar-refractivity contribution in [2.75, 3.05) is 18.0 Å². The van der Waals surface area contributed by atoms with E-state index in [0.29, 0.717) is 19.6 Å². The number of aryl methyl sites for hydroxylation is 1. The first kappa shape index (κ1) is 17.4. The Hall–Kier alpha value is -3.68. The zero-order valence-corrected chi connectivity index (χ0v) is 16.1. The molecule has 4 heterocycles. The second-order valence-corrected chi connectivity index (χ2v) is 7.35. The van der Waals surface area contributed by atoms with Crippen LogP contribution in [-0.4, -0.2) is 43.4 Å². The Kier molecular flexibility index (Phi) is 4.23. The van der Waals surface area contributed by atoms with Gasteiger partial charge in [-0.1, -0.05) is 30.3 Å². The number of rotatable bonds is 5. The third kappa shape index (κ3) is 3.33. The van der Waals surface area contributed by atoms with Crippen LogP contribution < -0.4 is 10.2 Å². The van der Waals surface area contributed by atoms with Crippen molar-refractivity contribution in [2.24, 2.45) is 13.0 Å². The van der Waals surface area contributed by atoms with Crippen LogP contribution in [0.25, 0.3) is 16.6 Å². The summed E-state index contributed by atoms with van der Waals surface area (Å²) in [5.74, 6) is 0.908. The number of amides is 1. The van der Waals surface area contributed by atoms with Crippen LogP contribution in [0.3, 0.4) is 0 Å². The number of nitrogens with zero attached hydrogens (tertiary/aromatic N) is 6. The standard InChI is InChI=1S/C21H21N7O/c1-26-10-17(9-24-26)16-7-19-20(23-14-25-28(19)13-16)27-11-18(12-27)21(29)22-8-15-5-3-2-4-6-15/h2-7,9-10,13-14,18H,8,11-12H2,1H3,(H,22,29). The van der Waals surface area contributed by atoms with E-state index in [1.165, 1.54) is 0 Å². The Morgan fingerprint density at radius 1 is 1.14 bits per heavy atom. The van der Waals surface area contributed by atoms with Crippen molar-refractivity contribution in [1.82, 2.24) is 29.7 Å². The summed E-state index contributed by atoms with van der Waals surface area (Å²) in [5, 5.41) is 11.6. The number of anilines is 1. The van der Waals surface area contributed by atoms with Gasteiger partial charge < -0.3 is 10.2 Å². The fourth-order valence-electron chi connectivity index (χ4n) is 3.64. The lowest BCUT2D eigenvalue weighted by Gasteiger charge is -2.39. The van der Waals surface area contributed by atoms with Crippen LogP contribution >= 0.6 is 0 Å². The summed E-state index contributed by atoms with van der Waals surface area (Å²) in [6.45, 7) is 1.86. The maximum Gasteiger partial charge on any atom is 0.226 e. The van der Waals surface area contributed by atoms with Crippen molar-refractivity contribution in [2.45, 2.75) is 6.54 Å². The van der Waals surface area contributed by atoms with Crippen LogP contribution in [0.5, 0.6) is 0 Å². The third-order valence-electron chi connectivity index (χ3n) is 5.29. The van der Waals surface area contributed by atoms with E-state index >= 15 is 0 Å². The molecular formula is C21H21N7O. The molecule has 1 aromatic carbocycles. The summed E-state index contributed by atoms with van der Waals surface area (Å²) in [6, 6.07) is 12.0. The molecule has 1 fully saturated rings. The second-order valence-electron chi connectivity index (χ2n) is 7.35. The van der Waals surface area contributed by atoms with Crippen molar-refractivity contribution in [3.05, 3.63) is 66.9 Å². The maximum atomic E-state index is 12.4. The average Bonchev–Trinajstić information content (AvgIpc) is 3.32. The lowest BCUT2D eigenvalue weighted by Crippen LogP contribution is -2.54. The van der Waals surface area contributed by atoms with Gasteiger partial charge in [0.15, 0.2) is 5.82 Å². The fourth-order valence-corrected chi connectivity index (χ4v) is 3.64. The minimum Gasteiger partial charge on any atom is -0.353 e. The number of benzene rings is 1. The molecule has 0 saturated carbocycles. The van der Waals surface area contributed by atoms with Crippen molar-refractivity contribution in [1.29, 1.82) is 0 Å². The van der Waals surface area contributed by atoms with E-state index in [-0.39, 0.29) is 11.8 Å². The van der Waals surface area contributed by atoms with Gasteiger partial charge in [-0.2, -0.15) is 10.2 Å². The fraction of sp³-hybridized carbons (Fsp3) is 0.238. The lowest BCUT2D eigenvalue weighted by atomic mass is 9.99. The summed E-state index contributed by atoms with van der Waals surface area (Å²) in [5.41, 5.74) is 4.10. The van der Waals surface area contributed by atoms with Gasteiger partial charge in [0.2, 0.25) is 5.91 Å². The van der Waals surface area contributed by atoms with E-state index in [1.807, 2.05) is 60.5 Å². The lowest BCUT2D eigenvalue weighted by molar-refractivity contribution is -0.125. The van der Waals surface area contributed by atoms with Gasteiger partial charge in [-0.3, -0.25) is 9.48 Å². The van der Waals surface area contributed by atoms with Crippen molar-refractivity contribution in [3.63, 3.8) is 0 Å². The number of carbonyl (C=O) groups is 1. The highest BCUT2D eigenvalue weighted by molar-refractivity contribution is 5.84. The topological polar surface area (TPSA) is 80.4 Å². The molecular weight excluding hydrogens is 366 g/mol. The van der Waals surface area contributed by atoms with Crippen molar-refractivity contribution in [3.8, 4) is 11.1 Å². The van der Waals surface area contributed by atoms with Crippen LogP contribution in [0.2, 0.25) is 0 Å². The number of fused-ring (bicyclic) bond motifs is 1. The summed E-state index contributed by atoms with van der Waals surface area (Å²) in [7, 11) is 1.90. The number of nitrogens with one attached hydrogen (secondary N) is 1. The predicted octanol–water partition coefficient (Wildman–Crippen LogP) is 1.88. The van der Waals surface area contributed by atoms with Crippen LogP contribution in [0.1, 0.15) is 5.56 Å². The number of hydrogen-bond acceptors (Lipinski definition) is 5. The normalized spacial score (nSPS) is 14.2. The van der Waals surface area contributed by atoms with Gasteiger partial charge in [0.25, 0.3) is 0 Å². The van der Waals surface area contributed by atoms with E-state index in [1.54, 1.807) is 11.0 Å². The van der Waals surface area contributed by atoms with Gasteiger partial charge in [-0.25, -0.2) is 9.50 Å². The van der Waals surface area contributed by atoms with E-state index < -0.39 is 0 Å². The molecule has 0 unspecified atom stereocenters. The van der Waals surface area contributed by atoms with Gasteiger partial charge in [0.1, 0.15) is 11.8 Å². The Labute approximate surface area is 167 Å². The van der Waals surface area contributed by atoms with Crippen LogP contribution in [0, 0.1) is 5.92 Å². The Morgan fingerprint density at radius 2 is 1.97 bits per heavy atom. The largest absolute Gasteiger partial charge is 0.353 e. The van der Waals surface area contributed by atoms with Gasteiger partial charge in [-0.05, 0) is 11.6 Å². The molecule has 1 aliphatic rings. The molecule has 1 aliphatic heterocycles. The number of hydrogen-bond donors (Lipinski definition) is 1. The Morgan fingerprint density at radius 3 is 2.72 bits per heavy atom. The van der Waals surface area contributed by atoms with Crippen molar-refractivity contribution < 1.29 is 4.79 Å². The highest BCUT2D eigenvalue weighted by atomic mass is 16.2. The molecule has 1 amide bonds. The molecule has 0 bridgehead atoms. The van der Waals surface area contributed by atoms with E-state index in [2.05, 4.69) is 31.5 Å². The van der Waals surface area contributed by atoms with Gasteiger partial charge in [0.05, 0.1) is 12.1 Å². The van der Waals surface area contributed by atoms with Crippen LogP contribution in [0.4, 0.5) is 5.82 Å². The molecule has 1 saturated heterocycles. The zero-order chi connectivity index (χ0) is 19.8. The molecule has 8 nitrogen and oxygen atoms in total. The van der Waals surface area contributed by atoms with Crippen LogP contribution in [-0.2, 0) is 18.4 Å². The molecule has 146 valence electrons. The first-order valence-corrected chi connectivity index (χ1v) is 9.56. The molecule has 0 aliphatic carbocycles. The minimum atomic E-state index is -0.0264. The molecule has 5 rings (SSSR count). The summed E-state index contributed by atoms with van der Waals surface area (Å²) in [6.07, 6.45) is 7.33. The zero-order valence-electron chi connectivity index (χ0n) is 16.1. The predicted molar refractivity (Wildman–Crippen MR) is 109 cm³/mol. The number of carbonyl (C=O) groups excluding carboxylic acids is 1. The summed E-state index contributed by atoms with van der Waals surface area (Å²) >= 11 is 0. The minimum absolute atomic E-state index is 0.0264. The SMILES string of the molecule is Cn1cc(-c2cc3c(N4CC(C(=O)NCc5ccccc5)C4)ncnn3c2)cn1. The molecule has 8 heteroatoms. The average molecular weight is 387 g/mol. The Balaban J connectivity index is 1.27. The summed E-state index contributed by atoms with van der Waals surface area (Å²) in [4.78, 5) is 19.0. The smallest absolute Gasteiger partial charge is 0.226 e. The van der Waals surface area contributed by atoms with Gasteiger partial charge in [-0.15, -0.1) is 0 Å². The van der Waals surface area contributed by atoms with E-state index in [0.717, 1.165) is 28.0 Å². The molecule has 0 atom stereocenters. The quantitative estimate of drug-likeness (QED) is 0.566. The first-order chi connectivity index (χ1) is 14.2. The molecule has 3 aromatic heterocycles. The van der Waals surface area contributed by atoms with E-state index in [9.17, 15) is 4.79 Å². The first-order valence-electron chi connectivity index (χ1n) is 9.56. The second kappa shape index (κ2) is 7.05. The third-order valence-corrected chi connectivity index (χ3v) is 5.29. The van der Waals surface area contributed by atoms with E-state index in [4.69, 9.17) is 0 Å². The monoisotopic (exact) mass is 387 g/mol. The van der Waals surface area contributed by atoms with Gasteiger partial charge in [0, 0.05) is 50.2 Å². The van der Waals surface area contributed by atoms with Crippen LogP contribution in [0.15, 0.2) is 61.3 Å². The molecule has 29 heavy (non-hydrogen) atoms. The van der Waals surface area contributed by atoms with Crippen molar-refractivity contribution >= 4 is 17.2 Å². The summed E-state index contributed by atoms with van der Waals surface area (Å²) < 4.78 is 3.60. The molecule has 0 radical (unpaired) electrons. The number of aromatic nitrogens is 5. The highest BCUT2D eigenvalue weighted by Crippen LogP contribution is 2.30. The highest BCUT2D eigenvalue weighted by Gasteiger charge is 2.34. The molecule has 0 spiro atoms. The van der Waals surface area contributed by atoms with Gasteiger partial charge >= 0.3 is 0 Å². The molecule has 1 N–H and O–H groups in total. The molecule has 4 aromatic rings.